The van der Waals surface area contributed by atoms with Crippen molar-refractivity contribution in [1.29, 1.82) is 0 Å². The molecule has 0 spiro atoms. The van der Waals surface area contributed by atoms with Gasteiger partial charge >= 0.3 is 0 Å². The highest BCUT2D eigenvalue weighted by Gasteiger charge is 2.36. The summed E-state index contributed by atoms with van der Waals surface area (Å²) >= 11 is 0. The van der Waals surface area contributed by atoms with Crippen molar-refractivity contribution in [3.8, 4) is 0 Å². The van der Waals surface area contributed by atoms with Crippen LogP contribution in [-0.2, 0) is 0 Å². The van der Waals surface area contributed by atoms with E-state index in [1.807, 2.05) is 6.20 Å². The van der Waals surface area contributed by atoms with E-state index in [0.29, 0.717) is 0 Å². The Bertz CT molecular complexity index is 264. The zero-order valence-electron chi connectivity index (χ0n) is 6.46. The highest BCUT2D eigenvalue weighted by atomic mass is 14.6. The first-order valence-electron chi connectivity index (χ1n) is 4.39. The van der Waals surface area contributed by atoms with Crippen molar-refractivity contribution < 1.29 is 0 Å². The van der Waals surface area contributed by atoms with Crippen molar-refractivity contribution in [1.82, 2.24) is 4.98 Å². The molecule has 2 atom stereocenters. The average Bonchev–Trinajstić information content (AvgIpc) is 2.64. The van der Waals surface area contributed by atoms with E-state index in [1.54, 1.807) is 11.1 Å². The van der Waals surface area contributed by atoms with Gasteiger partial charge in [-0.05, 0) is 48.3 Å². The summed E-state index contributed by atoms with van der Waals surface area (Å²) in [5.74, 6) is 1.75. The van der Waals surface area contributed by atoms with Crippen molar-refractivity contribution in [2.45, 2.75) is 31.1 Å². The Balaban J connectivity index is 2.23. The van der Waals surface area contributed by atoms with Gasteiger partial charge in [-0.25, -0.2) is 0 Å². The van der Waals surface area contributed by atoms with Crippen LogP contribution in [0, 0.1) is 0 Å². The van der Waals surface area contributed by atoms with Gasteiger partial charge in [-0.3, -0.25) is 4.98 Å². The highest BCUT2D eigenvalue weighted by Crippen LogP contribution is 2.52. The maximum absolute atomic E-state index is 4.18. The molecule has 3 rings (SSSR count). The Kier molecular flexibility index (Phi) is 0.965. The van der Waals surface area contributed by atoms with Gasteiger partial charge in [0.1, 0.15) is 0 Å². The average molecular weight is 145 g/mol. The first-order valence-corrected chi connectivity index (χ1v) is 4.39. The molecule has 2 bridgehead atoms. The van der Waals surface area contributed by atoms with E-state index in [4.69, 9.17) is 0 Å². The summed E-state index contributed by atoms with van der Waals surface area (Å²) in [7, 11) is 0. The van der Waals surface area contributed by atoms with Crippen molar-refractivity contribution in [2.75, 3.05) is 0 Å². The van der Waals surface area contributed by atoms with Crippen molar-refractivity contribution in [3.05, 3.63) is 29.6 Å². The van der Waals surface area contributed by atoms with E-state index < -0.39 is 0 Å². The standard InChI is InChI=1S/C10H11N/c1-2-8-5-7(1)9-3-4-11-6-10(8)9/h3-4,6-8H,1-2,5H2/t7-,8-/m0/s1. The monoisotopic (exact) mass is 145 g/mol. The third-order valence-electron chi connectivity index (χ3n) is 3.20. The third kappa shape index (κ3) is 0.635. The zero-order chi connectivity index (χ0) is 7.26. The van der Waals surface area contributed by atoms with Gasteiger partial charge in [0.05, 0.1) is 0 Å². The third-order valence-corrected chi connectivity index (χ3v) is 3.20. The Labute approximate surface area is 66.5 Å². The smallest absolute Gasteiger partial charge is 0.0305 e. The minimum absolute atomic E-state index is 0.865. The molecule has 1 fully saturated rings. The van der Waals surface area contributed by atoms with Crippen LogP contribution in [0.25, 0.3) is 0 Å². The molecular formula is C10H11N. The fourth-order valence-electron chi connectivity index (χ4n) is 2.68. The molecule has 1 saturated carbocycles. The van der Waals surface area contributed by atoms with Crippen LogP contribution in [0.4, 0.5) is 0 Å². The Hall–Kier alpha value is -0.850. The second-order valence-electron chi connectivity index (χ2n) is 3.71. The van der Waals surface area contributed by atoms with Gasteiger partial charge in [-0.15, -0.1) is 0 Å². The highest BCUT2D eigenvalue weighted by molar-refractivity contribution is 5.38. The fourth-order valence-corrected chi connectivity index (χ4v) is 2.68. The largest absolute Gasteiger partial charge is 0.264 e. The summed E-state index contributed by atoms with van der Waals surface area (Å²) < 4.78 is 0. The van der Waals surface area contributed by atoms with Gasteiger partial charge < -0.3 is 0 Å². The van der Waals surface area contributed by atoms with E-state index in [2.05, 4.69) is 17.2 Å². The molecule has 0 aromatic carbocycles. The van der Waals surface area contributed by atoms with Crippen LogP contribution >= 0.6 is 0 Å². The number of hydrogen-bond acceptors (Lipinski definition) is 1. The molecule has 0 saturated heterocycles. The van der Waals surface area contributed by atoms with Gasteiger partial charge in [0.2, 0.25) is 0 Å². The van der Waals surface area contributed by atoms with Crippen LogP contribution in [-0.4, -0.2) is 4.98 Å². The molecular weight excluding hydrogens is 134 g/mol. The molecule has 0 N–H and O–H groups in total. The molecule has 1 nitrogen and oxygen atoms in total. The lowest BCUT2D eigenvalue weighted by molar-refractivity contribution is 0.713. The van der Waals surface area contributed by atoms with Crippen LogP contribution in [0.1, 0.15) is 42.2 Å². The van der Waals surface area contributed by atoms with Crippen LogP contribution in [0.5, 0.6) is 0 Å². The normalized spacial score (nSPS) is 32.4. The number of nitrogens with zero attached hydrogens (tertiary/aromatic N) is 1. The minimum atomic E-state index is 0.865. The van der Waals surface area contributed by atoms with Gasteiger partial charge in [0, 0.05) is 12.4 Å². The summed E-state index contributed by atoms with van der Waals surface area (Å²) in [6.07, 6.45) is 8.23. The van der Waals surface area contributed by atoms with Crippen LogP contribution in [0.15, 0.2) is 18.5 Å². The fraction of sp³-hybridized carbons (Fsp3) is 0.500. The molecule has 11 heavy (non-hydrogen) atoms. The van der Waals surface area contributed by atoms with E-state index in [-0.39, 0.29) is 0 Å². The first-order chi connectivity index (χ1) is 5.45. The number of rotatable bonds is 0. The lowest BCUT2D eigenvalue weighted by atomic mass is 9.94. The van der Waals surface area contributed by atoms with Gasteiger partial charge in [0.25, 0.3) is 0 Å². The number of aromatic nitrogens is 1. The van der Waals surface area contributed by atoms with Crippen LogP contribution in [0.3, 0.4) is 0 Å². The zero-order valence-corrected chi connectivity index (χ0v) is 6.46. The van der Waals surface area contributed by atoms with Crippen molar-refractivity contribution >= 4 is 0 Å². The summed E-state index contributed by atoms with van der Waals surface area (Å²) in [5, 5.41) is 0. The topological polar surface area (TPSA) is 12.9 Å². The second-order valence-corrected chi connectivity index (χ2v) is 3.71. The summed E-state index contributed by atoms with van der Waals surface area (Å²) in [5.41, 5.74) is 3.14. The minimum Gasteiger partial charge on any atom is -0.264 e. The van der Waals surface area contributed by atoms with Gasteiger partial charge in [-0.2, -0.15) is 0 Å². The molecule has 1 aromatic heterocycles. The summed E-state index contributed by atoms with van der Waals surface area (Å²) in [4.78, 5) is 4.18. The molecule has 1 aromatic rings. The number of pyridine rings is 1. The molecule has 0 unspecified atom stereocenters. The molecule has 56 valence electrons. The molecule has 2 aliphatic rings. The molecule has 0 radical (unpaired) electrons. The number of fused-ring (bicyclic) bond motifs is 5. The molecule has 1 heterocycles. The summed E-state index contributed by atoms with van der Waals surface area (Å²) in [6, 6.07) is 2.21. The predicted octanol–water partition coefficient (Wildman–Crippen LogP) is 2.45. The van der Waals surface area contributed by atoms with E-state index in [0.717, 1.165) is 11.8 Å². The molecule has 0 aliphatic heterocycles. The Morgan fingerprint density at radius 2 is 2.00 bits per heavy atom. The molecule has 1 heteroatoms. The maximum atomic E-state index is 4.18. The Morgan fingerprint density at radius 1 is 1.18 bits per heavy atom. The molecule has 0 amide bonds. The second kappa shape index (κ2) is 1.84. The van der Waals surface area contributed by atoms with E-state index in [9.17, 15) is 0 Å². The maximum Gasteiger partial charge on any atom is 0.0305 e. The SMILES string of the molecule is c1cc2c(cn1)[C@H]1CC[C@H]2C1. The van der Waals surface area contributed by atoms with Crippen LogP contribution in [0.2, 0.25) is 0 Å². The Morgan fingerprint density at radius 3 is 2.82 bits per heavy atom. The van der Waals surface area contributed by atoms with E-state index >= 15 is 0 Å². The van der Waals surface area contributed by atoms with Gasteiger partial charge in [-0.1, -0.05) is 0 Å². The number of hydrogen-bond donors (Lipinski definition) is 0. The van der Waals surface area contributed by atoms with Crippen molar-refractivity contribution in [2.24, 2.45) is 0 Å². The van der Waals surface area contributed by atoms with Gasteiger partial charge in [0.15, 0.2) is 0 Å². The predicted molar refractivity (Wildman–Crippen MR) is 43.6 cm³/mol. The molecule has 2 aliphatic carbocycles. The first kappa shape index (κ1) is 5.76. The lowest BCUT2D eigenvalue weighted by Crippen LogP contribution is -1.97. The van der Waals surface area contributed by atoms with E-state index in [1.165, 1.54) is 19.3 Å². The summed E-state index contributed by atoms with van der Waals surface area (Å²) in [6.45, 7) is 0. The lowest BCUT2D eigenvalue weighted by Gasteiger charge is -2.12. The quantitative estimate of drug-likeness (QED) is 0.546. The van der Waals surface area contributed by atoms with Crippen molar-refractivity contribution in [3.63, 3.8) is 0 Å². The van der Waals surface area contributed by atoms with Crippen LogP contribution < -0.4 is 0 Å².